The number of nitrogens with one attached hydrogen (secondary N) is 1. The minimum Gasteiger partial charge on any atom is -0.480 e. The van der Waals surface area contributed by atoms with Crippen molar-refractivity contribution in [1.82, 2.24) is 19.9 Å². The molecule has 1 saturated heterocycles. The van der Waals surface area contributed by atoms with Gasteiger partial charge in [-0.3, -0.25) is 4.79 Å². The lowest BCUT2D eigenvalue weighted by molar-refractivity contribution is -0.111. The zero-order valence-electron chi connectivity index (χ0n) is 16.0. The average molecular weight is 402 g/mol. The number of nitrogens with zero attached hydrogens (tertiary/aromatic N) is 5. The van der Waals surface area contributed by atoms with E-state index in [-0.39, 0.29) is 5.91 Å². The first-order chi connectivity index (χ1) is 13.6. The zero-order chi connectivity index (χ0) is 19.9. The second kappa shape index (κ2) is 9.36. The van der Waals surface area contributed by atoms with Gasteiger partial charge >= 0.3 is 0 Å². The van der Waals surface area contributed by atoms with Crippen LogP contribution in [0.4, 0.5) is 11.8 Å². The van der Waals surface area contributed by atoms with Crippen LogP contribution < -0.4 is 19.7 Å². The fraction of sp³-hybridized carbons (Fsp3) is 0.389. The summed E-state index contributed by atoms with van der Waals surface area (Å²) >= 11 is 1.21. The molecule has 0 aliphatic carbocycles. The molecule has 2 aromatic rings. The molecule has 1 amide bonds. The highest BCUT2D eigenvalue weighted by Crippen LogP contribution is 2.40. The van der Waals surface area contributed by atoms with Crippen molar-refractivity contribution in [2.75, 3.05) is 37.5 Å². The molecule has 2 aromatic heterocycles. The van der Waals surface area contributed by atoms with Gasteiger partial charge in [0.2, 0.25) is 23.6 Å². The number of hydrogen-bond donors (Lipinski definition) is 1. The second-order valence-corrected chi connectivity index (χ2v) is 6.86. The first kappa shape index (κ1) is 19.9. The van der Waals surface area contributed by atoms with E-state index in [2.05, 4.69) is 30.2 Å². The molecule has 0 saturated carbocycles. The van der Waals surface area contributed by atoms with Crippen molar-refractivity contribution in [3.8, 4) is 11.8 Å². The fourth-order valence-corrected chi connectivity index (χ4v) is 3.57. The Morgan fingerprint density at radius 1 is 1.18 bits per heavy atom. The molecule has 0 unspecified atom stereocenters. The number of ether oxygens (including phenoxy) is 2. The van der Waals surface area contributed by atoms with E-state index in [9.17, 15) is 4.79 Å². The van der Waals surface area contributed by atoms with E-state index in [1.165, 1.54) is 17.8 Å². The summed E-state index contributed by atoms with van der Waals surface area (Å²) in [6, 6.07) is 1.62. The number of rotatable bonds is 7. The van der Waals surface area contributed by atoms with Crippen LogP contribution in [-0.2, 0) is 4.79 Å². The third kappa shape index (κ3) is 4.69. The number of aromatic nitrogens is 4. The summed E-state index contributed by atoms with van der Waals surface area (Å²) < 4.78 is 10.9. The van der Waals surface area contributed by atoms with Crippen LogP contribution in [0.1, 0.15) is 19.8 Å². The highest BCUT2D eigenvalue weighted by atomic mass is 32.2. The number of hydrogen-bond acceptors (Lipinski definition) is 9. The van der Waals surface area contributed by atoms with Crippen LogP contribution in [0, 0.1) is 0 Å². The molecule has 3 rings (SSSR count). The highest BCUT2D eigenvalue weighted by molar-refractivity contribution is 7.99. The Bertz CT molecular complexity index is 845. The molecule has 1 fully saturated rings. The summed E-state index contributed by atoms with van der Waals surface area (Å²) in [5.41, 5.74) is 0. The molecule has 0 aromatic carbocycles. The largest absolute Gasteiger partial charge is 0.480 e. The van der Waals surface area contributed by atoms with Gasteiger partial charge in [-0.25, -0.2) is 9.97 Å². The summed E-state index contributed by atoms with van der Waals surface area (Å²) in [6.07, 6.45) is 6.88. The molecule has 28 heavy (non-hydrogen) atoms. The summed E-state index contributed by atoms with van der Waals surface area (Å²) in [4.78, 5) is 32.0. The number of methoxy groups -OCH3 is 2. The summed E-state index contributed by atoms with van der Waals surface area (Å²) in [7, 11) is 3.10. The highest BCUT2D eigenvalue weighted by Gasteiger charge is 2.23. The minimum atomic E-state index is -0.259. The quantitative estimate of drug-likeness (QED) is 0.553. The predicted octanol–water partition coefficient (Wildman–Crippen LogP) is 2.55. The van der Waals surface area contributed by atoms with Crippen molar-refractivity contribution in [2.45, 2.75) is 29.8 Å². The molecule has 9 nitrogen and oxygen atoms in total. The molecule has 0 spiro atoms. The molecule has 10 heteroatoms. The summed E-state index contributed by atoms with van der Waals surface area (Å²) in [5, 5.41) is 3.09. The van der Waals surface area contributed by atoms with Gasteiger partial charge in [0.25, 0.3) is 0 Å². The maximum absolute atomic E-state index is 11.7. The lowest BCUT2D eigenvalue weighted by atomic mass is 10.4. The average Bonchev–Trinajstić information content (AvgIpc) is 3.23. The Hall–Kier alpha value is -2.88. The molecule has 0 atom stereocenters. The Labute approximate surface area is 167 Å². The smallest absolute Gasteiger partial charge is 0.249 e. The third-order valence-electron chi connectivity index (χ3n) is 3.96. The topological polar surface area (TPSA) is 102 Å². The van der Waals surface area contributed by atoms with Crippen LogP contribution >= 0.6 is 11.8 Å². The van der Waals surface area contributed by atoms with Gasteiger partial charge in [-0.1, -0.05) is 6.08 Å². The van der Waals surface area contributed by atoms with Gasteiger partial charge in [0, 0.05) is 19.3 Å². The number of carbonyl (C=O) groups is 1. The summed E-state index contributed by atoms with van der Waals surface area (Å²) in [6.45, 7) is 3.59. The molecular weight excluding hydrogens is 380 g/mol. The van der Waals surface area contributed by atoms with E-state index in [0.29, 0.717) is 33.6 Å². The molecule has 1 aliphatic heterocycles. The van der Waals surface area contributed by atoms with Crippen LogP contribution in [0.5, 0.6) is 11.8 Å². The molecular formula is C18H22N6O3S. The Morgan fingerprint density at radius 3 is 2.46 bits per heavy atom. The fourth-order valence-electron chi connectivity index (χ4n) is 2.69. The van der Waals surface area contributed by atoms with Crippen LogP contribution in [0.25, 0.3) is 0 Å². The Kier molecular flexibility index (Phi) is 6.64. The van der Waals surface area contributed by atoms with Gasteiger partial charge in [-0.05, 0) is 43.7 Å². The van der Waals surface area contributed by atoms with Crippen molar-refractivity contribution >= 4 is 29.4 Å². The zero-order valence-corrected chi connectivity index (χ0v) is 16.8. The first-order valence-corrected chi connectivity index (χ1v) is 9.65. The molecule has 1 N–H and O–H groups in total. The standard InChI is InChI=1S/C18H22N6O3S/c1-4-7-13(25)20-12-8-9-19-18(21-12)28-14-15(26-2)22-17(23-16(14)27-3)24-10-5-6-11-24/h4,7-9H,5-6,10-11H2,1-3H3,(H,19,20,21,25). The number of allylic oxidation sites excluding steroid dienone is 1. The van der Waals surface area contributed by atoms with Crippen LogP contribution in [0.2, 0.25) is 0 Å². The van der Waals surface area contributed by atoms with E-state index in [0.717, 1.165) is 25.9 Å². The summed E-state index contributed by atoms with van der Waals surface area (Å²) in [5.74, 6) is 1.51. The monoisotopic (exact) mass is 402 g/mol. The predicted molar refractivity (Wildman–Crippen MR) is 106 cm³/mol. The number of carbonyl (C=O) groups excluding carboxylic acids is 1. The molecule has 0 radical (unpaired) electrons. The van der Waals surface area contributed by atoms with E-state index in [1.54, 1.807) is 39.5 Å². The third-order valence-corrected chi connectivity index (χ3v) is 4.90. The van der Waals surface area contributed by atoms with E-state index in [1.807, 2.05) is 0 Å². The van der Waals surface area contributed by atoms with Crippen LogP contribution in [0.15, 0.2) is 34.5 Å². The maximum Gasteiger partial charge on any atom is 0.249 e. The van der Waals surface area contributed by atoms with E-state index >= 15 is 0 Å². The van der Waals surface area contributed by atoms with Crippen molar-refractivity contribution in [2.24, 2.45) is 0 Å². The van der Waals surface area contributed by atoms with Crippen LogP contribution in [-0.4, -0.2) is 53.2 Å². The normalized spacial score (nSPS) is 13.8. The van der Waals surface area contributed by atoms with Crippen LogP contribution in [0.3, 0.4) is 0 Å². The van der Waals surface area contributed by atoms with Gasteiger partial charge in [-0.15, -0.1) is 0 Å². The number of amides is 1. The SMILES string of the molecule is CC=CC(=O)Nc1ccnc(Sc2c(OC)nc(N3CCCC3)nc2OC)n1. The Morgan fingerprint density at radius 2 is 1.86 bits per heavy atom. The van der Waals surface area contributed by atoms with Crippen molar-refractivity contribution in [3.63, 3.8) is 0 Å². The van der Waals surface area contributed by atoms with E-state index < -0.39 is 0 Å². The Balaban J connectivity index is 1.88. The van der Waals surface area contributed by atoms with Crippen molar-refractivity contribution < 1.29 is 14.3 Å². The molecule has 0 bridgehead atoms. The van der Waals surface area contributed by atoms with Gasteiger partial charge in [0.15, 0.2) is 5.16 Å². The van der Waals surface area contributed by atoms with Gasteiger partial charge < -0.3 is 19.7 Å². The maximum atomic E-state index is 11.7. The molecule has 3 heterocycles. The van der Waals surface area contributed by atoms with Crippen molar-refractivity contribution in [1.29, 1.82) is 0 Å². The first-order valence-electron chi connectivity index (χ1n) is 8.84. The lowest BCUT2D eigenvalue weighted by Crippen LogP contribution is -2.21. The molecule has 148 valence electrons. The van der Waals surface area contributed by atoms with Gasteiger partial charge in [0.1, 0.15) is 10.7 Å². The second-order valence-electron chi connectivity index (χ2n) is 5.88. The van der Waals surface area contributed by atoms with E-state index in [4.69, 9.17) is 9.47 Å². The van der Waals surface area contributed by atoms with Gasteiger partial charge in [-0.2, -0.15) is 9.97 Å². The number of anilines is 2. The van der Waals surface area contributed by atoms with Gasteiger partial charge in [0.05, 0.1) is 14.2 Å². The molecule has 1 aliphatic rings. The lowest BCUT2D eigenvalue weighted by Gasteiger charge is -2.18. The van der Waals surface area contributed by atoms with Crippen molar-refractivity contribution in [3.05, 3.63) is 24.4 Å². The minimum absolute atomic E-state index is 0.259.